The van der Waals surface area contributed by atoms with E-state index in [0.717, 1.165) is 32.7 Å². The highest BCUT2D eigenvalue weighted by Crippen LogP contribution is 2.01. The first-order valence-corrected chi connectivity index (χ1v) is 5.77. The van der Waals surface area contributed by atoms with Gasteiger partial charge in [-0.25, -0.2) is 0 Å². The Balaban J connectivity index is 0.000000921. The number of carbonyl (C=O) groups excluding carboxylic acids is 1. The van der Waals surface area contributed by atoms with Gasteiger partial charge in [-0.3, -0.25) is 4.79 Å². The molecule has 0 atom stereocenters. The lowest BCUT2D eigenvalue weighted by atomic mass is 10.3. The summed E-state index contributed by atoms with van der Waals surface area (Å²) in [5, 5.41) is 0. The number of amides is 1. The van der Waals surface area contributed by atoms with Gasteiger partial charge in [-0.15, -0.1) is 0 Å². The first-order chi connectivity index (χ1) is 7.27. The van der Waals surface area contributed by atoms with Crippen LogP contribution in [0.4, 0.5) is 0 Å². The van der Waals surface area contributed by atoms with Crippen LogP contribution in [0.15, 0.2) is 0 Å². The topological polar surface area (TPSA) is 32.8 Å². The van der Waals surface area contributed by atoms with Gasteiger partial charge in [-0.05, 0) is 6.54 Å². The lowest BCUT2D eigenvalue weighted by Crippen LogP contribution is -2.49. The maximum atomic E-state index is 11.4. The molecule has 90 valence electrons. The fraction of sp³-hybridized carbons (Fsp3) is 0.909. The zero-order valence-electron chi connectivity index (χ0n) is 10.5. The highest BCUT2D eigenvalue weighted by molar-refractivity contribution is 5.77. The SMILES string of the molecule is CC.CCN1CCN(C(=O)COC)CC1. The molecule has 15 heavy (non-hydrogen) atoms. The van der Waals surface area contributed by atoms with Crippen LogP contribution < -0.4 is 0 Å². The van der Waals surface area contributed by atoms with E-state index in [1.165, 1.54) is 0 Å². The third-order valence-corrected chi connectivity index (χ3v) is 2.44. The van der Waals surface area contributed by atoms with Crippen LogP contribution in [0.25, 0.3) is 0 Å². The summed E-state index contributed by atoms with van der Waals surface area (Å²) in [5.74, 6) is 0.109. The molecule has 0 aromatic carbocycles. The molecule has 0 saturated carbocycles. The minimum Gasteiger partial charge on any atom is -0.375 e. The van der Waals surface area contributed by atoms with Crippen molar-refractivity contribution in [2.24, 2.45) is 0 Å². The number of hydrogen-bond acceptors (Lipinski definition) is 3. The molecule has 0 spiro atoms. The molecule has 1 aliphatic heterocycles. The average Bonchev–Trinajstić information content (AvgIpc) is 2.32. The summed E-state index contributed by atoms with van der Waals surface area (Å²) in [4.78, 5) is 15.6. The third kappa shape index (κ3) is 5.14. The van der Waals surface area contributed by atoms with Gasteiger partial charge in [-0.1, -0.05) is 20.8 Å². The minimum absolute atomic E-state index is 0.109. The van der Waals surface area contributed by atoms with Crippen molar-refractivity contribution >= 4 is 5.91 Å². The highest BCUT2D eigenvalue weighted by atomic mass is 16.5. The van der Waals surface area contributed by atoms with Crippen molar-refractivity contribution in [2.75, 3.05) is 46.4 Å². The molecule has 1 fully saturated rings. The zero-order chi connectivity index (χ0) is 11.7. The molecule has 0 bridgehead atoms. The van der Waals surface area contributed by atoms with E-state index in [9.17, 15) is 4.79 Å². The summed E-state index contributed by atoms with van der Waals surface area (Å²) in [6.07, 6.45) is 0. The van der Waals surface area contributed by atoms with Gasteiger partial charge in [0.2, 0.25) is 5.91 Å². The summed E-state index contributed by atoms with van der Waals surface area (Å²) in [6, 6.07) is 0. The minimum atomic E-state index is 0.109. The van der Waals surface area contributed by atoms with Crippen molar-refractivity contribution in [3.05, 3.63) is 0 Å². The van der Waals surface area contributed by atoms with Gasteiger partial charge in [-0.2, -0.15) is 0 Å². The van der Waals surface area contributed by atoms with Crippen molar-refractivity contribution in [3.63, 3.8) is 0 Å². The second-order valence-corrected chi connectivity index (χ2v) is 3.25. The van der Waals surface area contributed by atoms with E-state index in [0.29, 0.717) is 0 Å². The number of likely N-dealkylation sites (N-methyl/N-ethyl adjacent to an activating group) is 1. The molecule has 4 nitrogen and oxygen atoms in total. The number of rotatable bonds is 3. The quantitative estimate of drug-likeness (QED) is 0.700. The normalized spacial score (nSPS) is 16.9. The van der Waals surface area contributed by atoms with Gasteiger partial charge in [0.05, 0.1) is 0 Å². The molecular formula is C11H24N2O2. The van der Waals surface area contributed by atoms with E-state index in [2.05, 4.69) is 11.8 Å². The van der Waals surface area contributed by atoms with Crippen LogP contribution in [-0.4, -0.2) is 62.1 Å². The number of piperazine rings is 1. The summed E-state index contributed by atoms with van der Waals surface area (Å²) in [5.41, 5.74) is 0. The molecular weight excluding hydrogens is 192 g/mol. The Labute approximate surface area is 93.2 Å². The smallest absolute Gasteiger partial charge is 0.248 e. The first kappa shape index (κ1) is 14.4. The second kappa shape index (κ2) is 8.68. The summed E-state index contributed by atoms with van der Waals surface area (Å²) >= 11 is 0. The number of carbonyl (C=O) groups is 1. The number of nitrogens with zero attached hydrogens (tertiary/aromatic N) is 2. The molecule has 0 aromatic rings. The lowest BCUT2D eigenvalue weighted by molar-refractivity contribution is -0.136. The van der Waals surface area contributed by atoms with Crippen molar-refractivity contribution in [1.82, 2.24) is 9.80 Å². The molecule has 0 radical (unpaired) electrons. The molecule has 1 rings (SSSR count). The van der Waals surface area contributed by atoms with Gasteiger partial charge in [0.25, 0.3) is 0 Å². The fourth-order valence-electron chi connectivity index (χ4n) is 1.53. The van der Waals surface area contributed by atoms with Crippen molar-refractivity contribution in [3.8, 4) is 0 Å². The molecule has 4 heteroatoms. The van der Waals surface area contributed by atoms with Crippen molar-refractivity contribution in [1.29, 1.82) is 0 Å². The largest absolute Gasteiger partial charge is 0.375 e. The van der Waals surface area contributed by atoms with E-state index < -0.39 is 0 Å². The van der Waals surface area contributed by atoms with Gasteiger partial charge in [0.1, 0.15) is 6.61 Å². The van der Waals surface area contributed by atoms with E-state index in [1.54, 1.807) is 7.11 Å². The summed E-state index contributed by atoms with van der Waals surface area (Å²) < 4.78 is 4.81. The Bertz CT molecular complexity index is 166. The average molecular weight is 216 g/mol. The Morgan fingerprint density at radius 1 is 1.20 bits per heavy atom. The molecule has 0 aliphatic carbocycles. The molecule has 1 heterocycles. The fourth-order valence-corrected chi connectivity index (χ4v) is 1.53. The second-order valence-electron chi connectivity index (χ2n) is 3.25. The summed E-state index contributed by atoms with van der Waals surface area (Å²) in [7, 11) is 1.56. The molecule has 0 aromatic heterocycles. The van der Waals surface area contributed by atoms with Gasteiger partial charge < -0.3 is 14.5 Å². The summed E-state index contributed by atoms with van der Waals surface area (Å²) in [6.45, 7) is 11.1. The van der Waals surface area contributed by atoms with Crippen LogP contribution in [0.5, 0.6) is 0 Å². The van der Waals surface area contributed by atoms with Gasteiger partial charge in [0.15, 0.2) is 0 Å². The maximum absolute atomic E-state index is 11.4. The monoisotopic (exact) mass is 216 g/mol. The van der Waals surface area contributed by atoms with Gasteiger partial charge in [0, 0.05) is 33.3 Å². The lowest BCUT2D eigenvalue weighted by Gasteiger charge is -2.33. The van der Waals surface area contributed by atoms with Crippen LogP contribution in [0, 0.1) is 0 Å². The Morgan fingerprint density at radius 2 is 1.73 bits per heavy atom. The van der Waals surface area contributed by atoms with E-state index in [4.69, 9.17) is 4.74 Å². The van der Waals surface area contributed by atoms with Crippen molar-refractivity contribution < 1.29 is 9.53 Å². The Hall–Kier alpha value is -0.610. The van der Waals surface area contributed by atoms with E-state index >= 15 is 0 Å². The Kier molecular flexibility index (Phi) is 8.33. The predicted octanol–water partition coefficient (Wildman–Crippen LogP) is 0.823. The van der Waals surface area contributed by atoms with Crippen LogP contribution in [0.3, 0.4) is 0 Å². The predicted molar refractivity (Wildman–Crippen MR) is 61.9 cm³/mol. The molecule has 1 amide bonds. The number of hydrogen-bond donors (Lipinski definition) is 0. The number of ether oxygens (including phenoxy) is 1. The Morgan fingerprint density at radius 3 is 2.13 bits per heavy atom. The molecule has 0 N–H and O–H groups in total. The number of methoxy groups -OCH3 is 1. The maximum Gasteiger partial charge on any atom is 0.248 e. The van der Waals surface area contributed by atoms with E-state index in [-0.39, 0.29) is 12.5 Å². The molecule has 1 aliphatic rings. The molecule has 0 unspecified atom stereocenters. The van der Waals surface area contributed by atoms with Gasteiger partial charge >= 0.3 is 0 Å². The van der Waals surface area contributed by atoms with Crippen LogP contribution >= 0.6 is 0 Å². The van der Waals surface area contributed by atoms with Crippen LogP contribution in [0.2, 0.25) is 0 Å². The highest BCUT2D eigenvalue weighted by Gasteiger charge is 2.19. The van der Waals surface area contributed by atoms with Crippen LogP contribution in [0.1, 0.15) is 20.8 Å². The third-order valence-electron chi connectivity index (χ3n) is 2.44. The standard InChI is InChI=1S/C9H18N2O2.C2H6/c1-3-10-4-6-11(7-5-10)9(12)8-13-2;1-2/h3-8H2,1-2H3;1-2H3. The van der Waals surface area contributed by atoms with Crippen molar-refractivity contribution in [2.45, 2.75) is 20.8 Å². The van der Waals surface area contributed by atoms with Crippen LogP contribution in [-0.2, 0) is 9.53 Å². The van der Waals surface area contributed by atoms with E-state index in [1.807, 2.05) is 18.7 Å². The molecule has 1 saturated heterocycles. The first-order valence-electron chi connectivity index (χ1n) is 5.77. The zero-order valence-corrected chi connectivity index (χ0v) is 10.5.